The lowest BCUT2D eigenvalue weighted by molar-refractivity contribution is 0.239. The molecule has 0 aliphatic heterocycles. The van der Waals surface area contributed by atoms with E-state index in [1.54, 1.807) is 12.3 Å². The Balaban J connectivity index is 2.19. The lowest BCUT2D eigenvalue weighted by atomic mass is 10.1. The van der Waals surface area contributed by atoms with Gasteiger partial charge in [0.25, 0.3) is 0 Å². The minimum absolute atomic E-state index is 0.123. The number of aryl methyl sites for hydroxylation is 1. The Bertz CT molecular complexity index is 675. The van der Waals surface area contributed by atoms with Crippen LogP contribution in [0.1, 0.15) is 29.8 Å². The van der Waals surface area contributed by atoms with Gasteiger partial charge in [-0.05, 0) is 32.4 Å². The zero-order valence-corrected chi connectivity index (χ0v) is 13.3. The van der Waals surface area contributed by atoms with Crippen molar-refractivity contribution in [3.63, 3.8) is 0 Å². The van der Waals surface area contributed by atoms with Crippen molar-refractivity contribution >= 4 is 6.03 Å². The average Bonchev–Trinajstić information content (AvgIpc) is 2.87. The Kier molecular flexibility index (Phi) is 4.99. The van der Waals surface area contributed by atoms with Gasteiger partial charge >= 0.3 is 6.03 Å². The molecule has 1 heterocycles. The summed E-state index contributed by atoms with van der Waals surface area (Å²) in [6, 6.07) is 7.76. The number of carbonyl (C=O) groups excluding carboxylic acids is 1. The topological polar surface area (TPSA) is 59.0 Å². The van der Waals surface area contributed by atoms with E-state index in [9.17, 15) is 4.79 Å². The average molecular weight is 298 g/mol. The molecule has 0 saturated carbocycles. The van der Waals surface area contributed by atoms with Crippen molar-refractivity contribution in [2.24, 2.45) is 0 Å². The van der Waals surface area contributed by atoms with Gasteiger partial charge in [-0.25, -0.2) is 9.48 Å². The van der Waals surface area contributed by atoms with E-state index < -0.39 is 0 Å². The smallest absolute Gasteiger partial charge is 0.315 e. The standard InChI is InChI=1S/C17H22N4O/c1-5-10-18-17(22)20-13(3)15-11-19-21(14(15)4)16-9-7-6-8-12(16)2/h5-9,11,13H,1,10H2,2-4H3,(H2,18,20,22)/t13-/m1/s1. The second kappa shape index (κ2) is 6.93. The molecule has 22 heavy (non-hydrogen) atoms. The van der Waals surface area contributed by atoms with E-state index in [0.29, 0.717) is 6.54 Å². The van der Waals surface area contributed by atoms with Crippen molar-refractivity contribution in [2.45, 2.75) is 26.8 Å². The summed E-state index contributed by atoms with van der Waals surface area (Å²) in [6.45, 7) is 10.0. The number of amides is 2. The van der Waals surface area contributed by atoms with E-state index in [-0.39, 0.29) is 12.1 Å². The van der Waals surface area contributed by atoms with Crippen LogP contribution in [0.5, 0.6) is 0 Å². The van der Waals surface area contributed by atoms with Gasteiger partial charge in [0, 0.05) is 17.8 Å². The fourth-order valence-electron chi connectivity index (χ4n) is 2.38. The number of aromatic nitrogens is 2. The van der Waals surface area contributed by atoms with Crippen LogP contribution in [0.15, 0.2) is 43.1 Å². The lowest BCUT2D eigenvalue weighted by Gasteiger charge is -2.15. The number of benzene rings is 1. The summed E-state index contributed by atoms with van der Waals surface area (Å²) in [4.78, 5) is 11.7. The maximum absolute atomic E-state index is 11.7. The zero-order chi connectivity index (χ0) is 16.1. The number of nitrogens with zero attached hydrogens (tertiary/aromatic N) is 2. The minimum atomic E-state index is -0.213. The second-order valence-corrected chi connectivity index (χ2v) is 5.25. The normalized spacial score (nSPS) is 11.8. The maximum atomic E-state index is 11.7. The molecule has 1 aromatic heterocycles. The van der Waals surface area contributed by atoms with Crippen molar-refractivity contribution in [3.8, 4) is 5.69 Å². The molecule has 2 N–H and O–H groups in total. The van der Waals surface area contributed by atoms with E-state index >= 15 is 0 Å². The van der Waals surface area contributed by atoms with Gasteiger partial charge in [-0.2, -0.15) is 5.10 Å². The van der Waals surface area contributed by atoms with Crippen LogP contribution in [0.4, 0.5) is 4.79 Å². The maximum Gasteiger partial charge on any atom is 0.315 e. The predicted octanol–water partition coefficient (Wildman–Crippen LogP) is 3.04. The molecule has 1 atom stereocenters. The van der Waals surface area contributed by atoms with Gasteiger partial charge < -0.3 is 10.6 Å². The molecule has 2 aromatic rings. The van der Waals surface area contributed by atoms with Gasteiger partial charge in [0.1, 0.15) is 0 Å². The van der Waals surface area contributed by atoms with Crippen LogP contribution in [0.3, 0.4) is 0 Å². The lowest BCUT2D eigenvalue weighted by Crippen LogP contribution is -2.37. The largest absolute Gasteiger partial charge is 0.335 e. The number of urea groups is 1. The molecular weight excluding hydrogens is 276 g/mol. The molecule has 0 spiro atoms. The van der Waals surface area contributed by atoms with Crippen LogP contribution in [0, 0.1) is 13.8 Å². The fraction of sp³-hybridized carbons (Fsp3) is 0.294. The number of para-hydroxylation sites is 1. The molecule has 0 aliphatic rings. The van der Waals surface area contributed by atoms with E-state index in [2.05, 4.69) is 35.3 Å². The Morgan fingerprint density at radius 1 is 1.41 bits per heavy atom. The molecule has 0 saturated heterocycles. The Hall–Kier alpha value is -2.56. The number of carbonyl (C=O) groups is 1. The molecule has 0 radical (unpaired) electrons. The fourth-order valence-corrected chi connectivity index (χ4v) is 2.38. The first-order valence-electron chi connectivity index (χ1n) is 7.30. The zero-order valence-electron chi connectivity index (χ0n) is 13.3. The monoisotopic (exact) mass is 298 g/mol. The predicted molar refractivity (Wildman–Crippen MR) is 88.2 cm³/mol. The SMILES string of the molecule is C=CCNC(=O)N[C@H](C)c1cnn(-c2ccccc2C)c1C. The van der Waals surface area contributed by atoms with Crippen molar-refractivity contribution in [1.29, 1.82) is 0 Å². The third-order valence-electron chi connectivity index (χ3n) is 3.61. The van der Waals surface area contributed by atoms with E-state index in [0.717, 1.165) is 22.5 Å². The van der Waals surface area contributed by atoms with Gasteiger partial charge in [-0.1, -0.05) is 24.3 Å². The Morgan fingerprint density at radius 2 is 2.14 bits per heavy atom. The highest BCUT2D eigenvalue weighted by Gasteiger charge is 2.16. The molecular formula is C17H22N4O. The van der Waals surface area contributed by atoms with Gasteiger partial charge in [-0.3, -0.25) is 0 Å². The van der Waals surface area contributed by atoms with Crippen LogP contribution in [0.2, 0.25) is 0 Å². The molecule has 0 fully saturated rings. The van der Waals surface area contributed by atoms with Crippen molar-refractivity contribution in [3.05, 3.63) is 59.9 Å². The van der Waals surface area contributed by atoms with Gasteiger partial charge in [0.15, 0.2) is 0 Å². The molecule has 5 heteroatoms. The minimum Gasteiger partial charge on any atom is -0.335 e. The van der Waals surface area contributed by atoms with E-state index in [1.807, 2.05) is 36.7 Å². The van der Waals surface area contributed by atoms with E-state index in [1.165, 1.54) is 0 Å². The summed E-state index contributed by atoms with van der Waals surface area (Å²) in [5.74, 6) is 0. The van der Waals surface area contributed by atoms with Crippen molar-refractivity contribution in [1.82, 2.24) is 20.4 Å². The molecule has 2 rings (SSSR count). The highest BCUT2D eigenvalue weighted by atomic mass is 16.2. The third-order valence-corrected chi connectivity index (χ3v) is 3.61. The first-order valence-corrected chi connectivity index (χ1v) is 7.30. The van der Waals surface area contributed by atoms with Crippen LogP contribution in [0.25, 0.3) is 5.69 Å². The molecule has 0 aliphatic carbocycles. The third kappa shape index (κ3) is 3.36. The molecule has 5 nitrogen and oxygen atoms in total. The molecule has 0 bridgehead atoms. The highest BCUT2D eigenvalue weighted by Crippen LogP contribution is 2.21. The molecule has 0 unspecified atom stereocenters. The quantitative estimate of drug-likeness (QED) is 0.834. The summed E-state index contributed by atoms with van der Waals surface area (Å²) in [5, 5.41) is 10.1. The first-order chi connectivity index (χ1) is 10.5. The Labute approximate surface area is 131 Å². The van der Waals surface area contributed by atoms with Gasteiger partial charge in [0.2, 0.25) is 0 Å². The summed E-state index contributed by atoms with van der Waals surface area (Å²) in [5.41, 5.74) is 4.22. The molecule has 116 valence electrons. The first kappa shape index (κ1) is 15.8. The summed E-state index contributed by atoms with van der Waals surface area (Å²) in [7, 11) is 0. The van der Waals surface area contributed by atoms with Crippen LogP contribution >= 0.6 is 0 Å². The number of rotatable bonds is 5. The van der Waals surface area contributed by atoms with Crippen molar-refractivity contribution < 1.29 is 4.79 Å². The molecule has 1 aromatic carbocycles. The van der Waals surface area contributed by atoms with Gasteiger partial charge in [0.05, 0.1) is 17.9 Å². The number of hydrogen-bond acceptors (Lipinski definition) is 2. The second-order valence-electron chi connectivity index (χ2n) is 5.25. The van der Waals surface area contributed by atoms with Gasteiger partial charge in [-0.15, -0.1) is 6.58 Å². The summed E-state index contributed by atoms with van der Waals surface area (Å²) < 4.78 is 1.91. The van der Waals surface area contributed by atoms with E-state index in [4.69, 9.17) is 0 Å². The van der Waals surface area contributed by atoms with Crippen LogP contribution in [-0.2, 0) is 0 Å². The summed E-state index contributed by atoms with van der Waals surface area (Å²) >= 11 is 0. The summed E-state index contributed by atoms with van der Waals surface area (Å²) in [6.07, 6.45) is 3.45. The Morgan fingerprint density at radius 3 is 2.82 bits per heavy atom. The van der Waals surface area contributed by atoms with Crippen molar-refractivity contribution in [2.75, 3.05) is 6.54 Å². The highest BCUT2D eigenvalue weighted by molar-refractivity contribution is 5.74. The number of nitrogens with one attached hydrogen (secondary N) is 2. The number of hydrogen-bond donors (Lipinski definition) is 2. The van der Waals surface area contributed by atoms with Crippen LogP contribution < -0.4 is 10.6 Å². The van der Waals surface area contributed by atoms with Crippen LogP contribution in [-0.4, -0.2) is 22.4 Å². The molecule has 2 amide bonds.